The van der Waals surface area contributed by atoms with E-state index in [4.69, 9.17) is 4.74 Å². The van der Waals surface area contributed by atoms with E-state index >= 15 is 0 Å². The van der Waals surface area contributed by atoms with Crippen LogP contribution in [0.5, 0.6) is 5.75 Å². The van der Waals surface area contributed by atoms with E-state index < -0.39 is 0 Å². The van der Waals surface area contributed by atoms with Crippen LogP contribution in [0.15, 0.2) is 34.0 Å². The van der Waals surface area contributed by atoms with Crippen molar-refractivity contribution < 1.29 is 4.74 Å². The van der Waals surface area contributed by atoms with E-state index in [0.717, 1.165) is 34.1 Å². The normalized spacial score (nSPS) is 13.4. The number of aromatic nitrogens is 2. The summed E-state index contributed by atoms with van der Waals surface area (Å²) in [6.07, 6.45) is 0.862. The molecular weight excluding hydrogens is 248 g/mol. The lowest BCUT2D eigenvalue weighted by atomic mass is 10.2. The number of fused-ring (bicyclic) bond motifs is 1. The highest BCUT2D eigenvalue weighted by Gasteiger charge is 2.18. The molecular formula is C13H12N2O2S. The number of aryl methyl sites for hydroxylation is 1. The Morgan fingerprint density at radius 3 is 3.17 bits per heavy atom. The van der Waals surface area contributed by atoms with E-state index in [1.807, 2.05) is 24.3 Å². The van der Waals surface area contributed by atoms with Crippen LogP contribution in [0, 0.1) is 0 Å². The lowest BCUT2D eigenvalue weighted by Crippen LogP contribution is -2.12. The molecule has 2 heterocycles. The molecule has 2 aromatic rings. The maximum absolute atomic E-state index is 11.9. The Balaban J connectivity index is 2.12. The summed E-state index contributed by atoms with van der Waals surface area (Å²) in [6, 6.07) is 7.53. The van der Waals surface area contributed by atoms with Crippen molar-refractivity contribution in [2.45, 2.75) is 11.3 Å². The summed E-state index contributed by atoms with van der Waals surface area (Å²) in [5.74, 6) is 2.30. The molecule has 0 spiro atoms. The van der Waals surface area contributed by atoms with Crippen LogP contribution < -0.4 is 10.3 Å². The molecule has 0 radical (unpaired) electrons. The standard InChI is InChI=1S/C13H12N2O2S/c1-17-9-4-2-3-8(7-9)12-14-10-5-6-18-11(10)13(16)15-12/h2-4,7H,5-6H2,1H3,(H,14,15,16). The molecule has 18 heavy (non-hydrogen) atoms. The van der Waals surface area contributed by atoms with Crippen molar-refractivity contribution in [3.8, 4) is 17.1 Å². The molecule has 1 aromatic carbocycles. The van der Waals surface area contributed by atoms with Crippen molar-refractivity contribution in [3.05, 3.63) is 40.3 Å². The fraction of sp³-hybridized carbons (Fsp3) is 0.231. The van der Waals surface area contributed by atoms with Gasteiger partial charge in [0, 0.05) is 17.7 Å². The third-order valence-corrected chi connectivity index (χ3v) is 3.99. The minimum Gasteiger partial charge on any atom is -0.497 e. The van der Waals surface area contributed by atoms with Crippen molar-refractivity contribution in [3.63, 3.8) is 0 Å². The maximum Gasteiger partial charge on any atom is 0.265 e. The highest BCUT2D eigenvalue weighted by molar-refractivity contribution is 7.99. The van der Waals surface area contributed by atoms with Crippen LogP contribution in [0.1, 0.15) is 5.69 Å². The van der Waals surface area contributed by atoms with Gasteiger partial charge < -0.3 is 9.72 Å². The lowest BCUT2D eigenvalue weighted by Gasteiger charge is -2.05. The van der Waals surface area contributed by atoms with Gasteiger partial charge in [-0.25, -0.2) is 4.98 Å². The van der Waals surface area contributed by atoms with Crippen LogP contribution in [-0.4, -0.2) is 22.8 Å². The van der Waals surface area contributed by atoms with Gasteiger partial charge in [-0.1, -0.05) is 12.1 Å². The zero-order valence-electron chi connectivity index (χ0n) is 9.90. The molecule has 1 aromatic heterocycles. The quantitative estimate of drug-likeness (QED) is 0.898. The lowest BCUT2D eigenvalue weighted by molar-refractivity contribution is 0.415. The number of benzene rings is 1. The minimum absolute atomic E-state index is 0.0414. The van der Waals surface area contributed by atoms with Crippen molar-refractivity contribution in [2.75, 3.05) is 12.9 Å². The van der Waals surface area contributed by atoms with E-state index in [9.17, 15) is 4.79 Å². The Hall–Kier alpha value is -1.75. The van der Waals surface area contributed by atoms with Crippen LogP contribution >= 0.6 is 11.8 Å². The van der Waals surface area contributed by atoms with Gasteiger partial charge >= 0.3 is 0 Å². The summed E-state index contributed by atoms with van der Waals surface area (Å²) in [5, 5.41) is 0. The van der Waals surface area contributed by atoms with Gasteiger partial charge in [0.15, 0.2) is 0 Å². The van der Waals surface area contributed by atoms with Crippen molar-refractivity contribution in [2.24, 2.45) is 0 Å². The fourth-order valence-electron chi connectivity index (χ4n) is 1.98. The van der Waals surface area contributed by atoms with Crippen LogP contribution in [0.25, 0.3) is 11.4 Å². The summed E-state index contributed by atoms with van der Waals surface area (Å²) >= 11 is 1.58. The predicted molar refractivity (Wildman–Crippen MR) is 71.3 cm³/mol. The molecule has 0 saturated carbocycles. The van der Waals surface area contributed by atoms with Crippen LogP contribution in [-0.2, 0) is 6.42 Å². The molecule has 1 N–H and O–H groups in total. The second-order valence-corrected chi connectivity index (χ2v) is 5.13. The number of H-pyrrole nitrogens is 1. The van der Waals surface area contributed by atoms with Gasteiger partial charge in [0.2, 0.25) is 0 Å². The smallest absolute Gasteiger partial charge is 0.265 e. The maximum atomic E-state index is 11.9. The first-order valence-corrected chi connectivity index (χ1v) is 6.67. The minimum atomic E-state index is -0.0414. The Labute approximate surface area is 108 Å². The van der Waals surface area contributed by atoms with Crippen LogP contribution in [0.3, 0.4) is 0 Å². The number of thioether (sulfide) groups is 1. The Bertz CT molecular complexity index is 652. The van der Waals surface area contributed by atoms with Gasteiger partial charge in [-0.15, -0.1) is 11.8 Å². The summed E-state index contributed by atoms with van der Waals surface area (Å²) in [6.45, 7) is 0. The Morgan fingerprint density at radius 1 is 1.44 bits per heavy atom. The number of methoxy groups -OCH3 is 1. The number of nitrogens with one attached hydrogen (secondary N) is 1. The van der Waals surface area contributed by atoms with Crippen molar-refractivity contribution in [1.82, 2.24) is 9.97 Å². The van der Waals surface area contributed by atoms with Gasteiger partial charge in [-0.3, -0.25) is 4.79 Å². The van der Waals surface area contributed by atoms with Gasteiger partial charge in [0.1, 0.15) is 11.6 Å². The van der Waals surface area contributed by atoms with E-state index in [1.165, 1.54) is 0 Å². The number of hydrogen-bond donors (Lipinski definition) is 1. The second-order valence-electron chi connectivity index (χ2n) is 4.02. The molecule has 4 nitrogen and oxygen atoms in total. The number of rotatable bonds is 2. The molecule has 0 bridgehead atoms. The van der Waals surface area contributed by atoms with Gasteiger partial charge in [-0.05, 0) is 12.1 Å². The van der Waals surface area contributed by atoms with Crippen molar-refractivity contribution >= 4 is 11.8 Å². The third-order valence-electron chi connectivity index (χ3n) is 2.88. The van der Waals surface area contributed by atoms with E-state index in [2.05, 4.69) is 9.97 Å². The van der Waals surface area contributed by atoms with Gasteiger partial charge in [0.05, 0.1) is 17.7 Å². The average molecular weight is 260 g/mol. The molecule has 1 aliphatic heterocycles. The van der Waals surface area contributed by atoms with Gasteiger partial charge in [-0.2, -0.15) is 0 Å². The first-order valence-electron chi connectivity index (χ1n) is 5.68. The average Bonchev–Trinajstić information content (AvgIpc) is 2.87. The Morgan fingerprint density at radius 2 is 2.33 bits per heavy atom. The van der Waals surface area contributed by atoms with Crippen LogP contribution in [0.4, 0.5) is 0 Å². The summed E-state index contributed by atoms with van der Waals surface area (Å²) in [5.41, 5.74) is 1.73. The highest BCUT2D eigenvalue weighted by atomic mass is 32.2. The summed E-state index contributed by atoms with van der Waals surface area (Å²) < 4.78 is 5.18. The second kappa shape index (κ2) is 4.49. The van der Waals surface area contributed by atoms with E-state index in [0.29, 0.717) is 5.82 Å². The largest absolute Gasteiger partial charge is 0.497 e. The van der Waals surface area contributed by atoms with E-state index in [1.54, 1.807) is 18.9 Å². The molecule has 3 rings (SSSR count). The molecule has 0 aliphatic carbocycles. The van der Waals surface area contributed by atoms with Crippen LogP contribution in [0.2, 0.25) is 0 Å². The molecule has 5 heteroatoms. The van der Waals surface area contributed by atoms with Crippen molar-refractivity contribution in [1.29, 1.82) is 0 Å². The number of ether oxygens (including phenoxy) is 1. The molecule has 0 fully saturated rings. The molecule has 0 atom stereocenters. The highest BCUT2D eigenvalue weighted by Crippen LogP contribution is 2.28. The number of hydrogen-bond acceptors (Lipinski definition) is 4. The SMILES string of the molecule is COc1cccc(-c2nc3c(c(=O)[nH]2)SCC3)c1. The van der Waals surface area contributed by atoms with Gasteiger partial charge in [0.25, 0.3) is 5.56 Å². The zero-order chi connectivity index (χ0) is 12.5. The van der Waals surface area contributed by atoms with E-state index in [-0.39, 0.29) is 5.56 Å². The molecule has 0 saturated heterocycles. The summed E-state index contributed by atoms with van der Waals surface area (Å²) in [7, 11) is 1.62. The molecule has 92 valence electrons. The molecule has 1 aliphatic rings. The first-order chi connectivity index (χ1) is 8.78. The number of nitrogens with zero attached hydrogens (tertiary/aromatic N) is 1. The molecule has 0 unspecified atom stereocenters. The predicted octanol–water partition coefficient (Wildman–Crippen LogP) is 2.09. The Kier molecular flexibility index (Phi) is 2.83. The third kappa shape index (κ3) is 1.90. The fourth-order valence-corrected chi connectivity index (χ4v) is 2.98. The zero-order valence-corrected chi connectivity index (χ0v) is 10.7. The summed E-state index contributed by atoms with van der Waals surface area (Å²) in [4.78, 5) is 20.0. The number of aromatic amines is 1. The molecule has 0 amide bonds. The monoisotopic (exact) mass is 260 g/mol. The first kappa shape index (κ1) is 11.3. The topological polar surface area (TPSA) is 55.0 Å².